The molecule has 1 aliphatic heterocycles. The number of carbonyl (C=O) groups excluding carboxylic acids is 2. The first-order valence-corrected chi connectivity index (χ1v) is 6.78. The molecule has 0 spiro atoms. The van der Waals surface area contributed by atoms with Gasteiger partial charge in [-0.15, -0.1) is 0 Å². The number of hydrogen-bond donors (Lipinski definition) is 0. The summed E-state index contributed by atoms with van der Waals surface area (Å²) in [7, 11) is 1.21. The van der Waals surface area contributed by atoms with E-state index in [0.29, 0.717) is 0 Å². The van der Waals surface area contributed by atoms with Crippen LogP contribution in [0, 0.1) is 23.3 Å². The second-order valence-electron chi connectivity index (χ2n) is 5.18. The highest BCUT2D eigenvalue weighted by molar-refractivity contribution is 6.48. The van der Waals surface area contributed by atoms with Crippen LogP contribution in [0.5, 0.6) is 0 Å². The summed E-state index contributed by atoms with van der Waals surface area (Å²) in [5.41, 5.74) is -0.465. The lowest BCUT2D eigenvalue weighted by Crippen LogP contribution is -2.26. The van der Waals surface area contributed by atoms with Gasteiger partial charge in [-0.1, -0.05) is 12.1 Å². The molecule has 2 aromatic rings. The highest BCUT2D eigenvalue weighted by Gasteiger charge is 2.37. The summed E-state index contributed by atoms with van der Waals surface area (Å²) in [6, 6.07) is 5.45. The van der Waals surface area contributed by atoms with E-state index >= 15 is 0 Å². The molecule has 0 aliphatic carbocycles. The van der Waals surface area contributed by atoms with Crippen molar-refractivity contribution in [3.63, 3.8) is 0 Å². The van der Waals surface area contributed by atoms with Gasteiger partial charge in [0, 0.05) is 7.05 Å². The lowest BCUT2D eigenvalue weighted by molar-refractivity contribution is -0.134. The van der Waals surface area contributed by atoms with E-state index in [1.54, 1.807) is 0 Å². The van der Waals surface area contributed by atoms with E-state index in [9.17, 15) is 27.2 Å². The Kier molecular flexibility index (Phi) is 3.71. The number of amides is 2. The first-order chi connectivity index (χ1) is 11.3. The second-order valence-corrected chi connectivity index (χ2v) is 5.18. The lowest BCUT2D eigenvalue weighted by atomic mass is 9.96. The average molecular weight is 335 g/mol. The van der Waals surface area contributed by atoms with E-state index < -0.39 is 35.1 Å². The van der Waals surface area contributed by atoms with Crippen LogP contribution >= 0.6 is 0 Å². The van der Waals surface area contributed by atoms with Crippen molar-refractivity contribution in [3.8, 4) is 0 Å². The fourth-order valence-electron chi connectivity index (χ4n) is 2.48. The van der Waals surface area contributed by atoms with Gasteiger partial charge in [-0.25, -0.2) is 17.6 Å². The van der Waals surface area contributed by atoms with Gasteiger partial charge >= 0.3 is 0 Å². The Bertz CT molecular complexity index is 847. The number of imide groups is 1. The standard InChI is InChI=1S/C17H9F4NO2/c1-22-16(23)14(8-2-4-10(18)12(20)6-8)15(17(22)24)9-3-5-11(19)13(21)7-9/h2-7H,1H3. The second kappa shape index (κ2) is 5.59. The molecule has 0 unspecified atom stereocenters. The quantitative estimate of drug-likeness (QED) is 0.625. The van der Waals surface area contributed by atoms with E-state index in [1.807, 2.05) is 0 Å². The largest absolute Gasteiger partial charge is 0.277 e. The normalized spacial score (nSPS) is 14.8. The molecule has 7 heteroatoms. The summed E-state index contributed by atoms with van der Waals surface area (Å²) in [5.74, 6) is -6.10. The molecule has 1 aliphatic rings. The number of likely N-dealkylation sites (N-methyl/N-ethyl adjacent to an activating group) is 1. The Morgan fingerprint density at radius 1 is 0.667 bits per heavy atom. The van der Waals surface area contributed by atoms with Gasteiger partial charge in [0.25, 0.3) is 11.8 Å². The van der Waals surface area contributed by atoms with Crippen molar-refractivity contribution in [2.75, 3.05) is 7.05 Å². The molecule has 0 N–H and O–H groups in total. The SMILES string of the molecule is CN1C(=O)C(c2ccc(F)c(F)c2)=C(c2ccc(F)c(F)c2)C1=O. The summed E-state index contributed by atoms with van der Waals surface area (Å²) in [6.45, 7) is 0. The van der Waals surface area contributed by atoms with Crippen LogP contribution in [0.3, 0.4) is 0 Å². The number of hydrogen-bond acceptors (Lipinski definition) is 2. The highest BCUT2D eigenvalue weighted by Crippen LogP contribution is 2.35. The number of carbonyl (C=O) groups is 2. The third-order valence-corrected chi connectivity index (χ3v) is 3.70. The molecule has 0 saturated heterocycles. The van der Waals surface area contributed by atoms with Crippen molar-refractivity contribution < 1.29 is 27.2 Å². The molecule has 3 nitrogen and oxygen atoms in total. The molecule has 0 atom stereocenters. The van der Waals surface area contributed by atoms with Crippen molar-refractivity contribution in [2.24, 2.45) is 0 Å². The molecule has 0 saturated carbocycles. The topological polar surface area (TPSA) is 37.4 Å². The van der Waals surface area contributed by atoms with E-state index in [0.717, 1.165) is 41.3 Å². The van der Waals surface area contributed by atoms with Crippen LogP contribution in [0.4, 0.5) is 17.6 Å². The predicted octanol–water partition coefficient (Wildman–Crippen LogP) is 3.15. The van der Waals surface area contributed by atoms with Gasteiger partial charge in [0.1, 0.15) is 0 Å². The minimum Gasteiger partial charge on any atom is -0.277 e. The maximum atomic E-state index is 13.5. The summed E-state index contributed by atoms with van der Waals surface area (Å²) in [6.07, 6.45) is 0. The maximum absolute atomic E-state index is 13.5. The van der Waals surface area contributed by atoms with Crippen LogP contribution in [0.25, 0.3) is 11.1 Å². The van der Waals surface area contributed by atoms with Crippen LogP contribution in [-0.4, -0.2) is 23.8 Å². The van der Waals surface area contributed by atoms with Crippen LogP contribution in [0.2, 0.25) is 0 Å². The lowest BCUT2D eigenvalue weighted by Gasteiger charge is -2.06. The Morgan fingerprint density at radius 2 is 1.04 bits per heavy atom. The van der Waals surface area contributed by atoms with E-state index in [4.69, 9.17) is 0 Å². The average Bonchev–Trinajstić information content (AvgIpc) is 2.77. The highest BCUT2D eigenvalue weighted by atomic mass is 19.2. The van der Waals surface area contributed by atoms with Gasteiger partial charge in [0.2, 0.25) is 0 Å². The Labute approximate surface area is 133 Å². The molecule has 0 fully saturated rings. The van der Waals surface area contributed by atoms with Crippen molar-refractivity contribution >= 4 is 23.0 Å². The van der Waals surface area contributed by atoms with Crippen molar-refractivity contribution in [3.05, 3.63) is 70.8 Å². The number of rotatable bonds is 2. The first kappa shape index (κ1) is 15.9. The monoisotopic (exact) mass is 335 g/mol. The van der Waals surface area contributed by atoms with Crippen molar-refractivity contribution in [1.82, 2.24) is 4.90 Å². The number of benzene rings is 2. The number of nitrogens with zero attached hydrogens (tertiary/aromatic N) is 1. The minimum absolute atomic E-state index is 0.0312. The molecule has 2 aromatic carbocycles. The predicted molar refractivity (Wildman–Crippen MR) is 77.3 cm³/mol. The smallest absolute Gasteiger partial charge is 0.261 e. The Hall–Kier alpha value is -2.96. The van der Waals surface area contributed by atoms with Crippen molar-refractivity contribution in [1.29, 1.82) is 0 Å². The Balaban J connectivity index is 2.27. The molecule has 3 rings (SSSR count). The summed E-state index contributed by atoms with van der Waals surface area (Å²) in [5, 5.41) is 0. The summed E-state index contributed by atoms with van der Waals surface area (Å²) < 4.78 is 53.2. The van der Waals surface area contributed by atoms with Gasteiger partial charge in [-0.2, -0.15) is 0 Å². The van der Waals surface area contributed by atoms with Gasteiger partial charge in [-0.05, 0) is 35.4 Å². The zero-order valence-corrected chi connectivity index (χ0v) is 12.2. The molecule has 0 radical (unpaired) electrons. The van der Waals surface area contributed by atoms with Crippen LogP contribution in [0.1, 0.15) is 11.1 Å². The third kappa shape index (κ3) is 2.38. The molecule has 0 bridgehead atoms. The summed E-state index contributed by atoms with van der Waals surface area (Å²) >= 11 is 0. The number of halogens is 4. The van der Waals surface area contributed by atoms with Gasteiger partial charge in [0.15, 0.2) is 23.3 Å². The molecular weight excluding hydrogens is 326 g/mol. The first-order valence-electron chi connectivity index (χ1n) is 6.78. The van der Waals surface area contributed by atoms with Crippen LogP contribution < -0.4 is 0 Å². The third-order valence-electron chi connectivity index (χ3n) is 3.70. The molecule has 2 amide bonds. The fourth-order valence-corrected chi connectivity index (χ4v) is 2.48. The maximum Gasteiger partial charge on any atom is 0.261 e. The zero-order chi connectivity index (χ0) is 17.6. The molecule has 122 valence electrons. The molecule has 24 heavy (non-hydrogen) atoms. The molecule has 1 heterocycles. The Morgan fingerprint density at radius 3 is 1.38 bits per heavy atom. The zero-order valence-electron chi connectivity index (χ0n) is 12.2. The van der Waals surface area contributed by atoms with Gasteiger partial charge in [-0.3, -0.25) is 14.5 Å². The molecular formula is C17H9F4NO2. The van der Waals surface area contributed by atoms with E-state index in [2.05, 4.69) is 0 Å². The van der Waals surface area contributed by atoms with Gasteiger partial charge < -0.3 is 0 Å². The van der Waals surface area contributed by atoms with E-state index in [-0.39, 0.29) is 22.3 Å². The van der Waals surface area contributed by atoms with Crippen LogP contribution in [0.15, 0.2) is 36.4 Å². The molecule has 0 aromatic heterocycles. The van der Waals surface area contributed by atoms with Crippen LogP contribution in [-0.2, 0) is 9.59 Å². The summed E-state index contributed by atoms with van der Waals surface area (Å²) in [4.78, 5) is 25.4. The van der Waals surface area contributed by atoms with Gasteiger partial charge in [0.05, 0.1) is 11.1 Å². The minimum atomic E-state index is -1.19. The fraction of sp³-hybridized carbons (Fsp3) is 0.0588. The van der Waals surface area contributed by atoms with Crippen molar-refractivity contribution in [2.45, 2.75) is 0 Å². The van der Waals surface area contributed by atoms with E-state index in [1.165, 1.54) is 7.05 Å².